The molecule has 7 heteroatoms. The van der Waals surface area contributed by atoms with Crippen molar-refractivity contribution in [3.8, 4) is 0 Å². The zero-order valence-corrected chi connectivity index (χ0v) is 16.7. The minimum absolute atomic E-state index is 0.232. The van der Waals surface area contributed by atoms with Crippen molar-refractivity contribution in [3.63, 3.8) is 0 Å². The first-order valence-electron chi connectivity index (χ1n) is 9.63. The van der Waals surface area contributed by atoms with Crippen molar-refractivity contribution in [3.05, 3.63) is 35.9 Å². The molecule has 1 heterocycles. The minimum atomic E-state index is -0.232. The second-order valence-electron chi connectivity index (χ2n) is 6.71. The molecule has 0 spiro atoms. The van der Waals surface area contributed by atoms with Gasteiger partial charge in [0.1, 0.15) is 0 Å². The highest BCUT2D eigenvalue weighted by molar-refractivity contribution is 5.80. The molecule has 1 aromatic rings. The lowest BCUT2D eigenvalue weighted by Gasteiger charge is -2.36. The molecule has 0 aliphatic carbocycles. The lowest BCUT2D eigenvalue weighted by molar-refractivity contribution is 0.0892. The van der Waals surface area contributed by atoms with Crippen LogP contribution >= 0.6 is 0 Å². The summed E-state index contributed by atoms with van der Waals surface area (Å²) in [6, 6.07) is 10.2. The molecular formula is C20H32N4O3. The Labute approximate surface area is 162 Å². The molecule has 1 aliphatic rings. The number of carbonyl (C=O) groups excluding carboxylic acids is 1. The minimum Gasteiger partial charge on any atom is -0.450 e. The maximum absolute atomic E-state index is 11.8. The van der Waals surface area contributed by atoms with Gasteiger partial charge in [0, 0.05) is 39.8 Å². The summed E-state index contributed by atoms with van der Waals surface area (Å²) in [6.07, 6.45) is -0.232. The smallest absolute Gasteiger partial charge is 0.409 e. The number of aliphatic imine (C=N–C) groups is 1. The molecule has 1 N–H and O–H groups in total. The van der Waals surface area contributed by atoms with Crippen LogP contribution in [0.25, 0.3) is 0 Å². The van der Waals surface area contributed by atoms with Crippen LogP contribution in [0, 0.1) is 5.92 Å². The third-order valence-electron chi connectivity index (χ3n) is 4.44. The molecule has 1 aliphatic heterocycles. The Hall–Kier alpha value is -2.28. The third-order valence-corrected chi connectivity index (χ3v) is 4.44. The van der Waals surface area contributed by atoms with E-state index in [1.165, 1.54) is 5.56 Å². The zero-order valence-electron chi connectivity index (χ0n) is 16.7. The van der Waals surface area contributed by atoms with Crippen LogP contribution in [0.2, 0.25) is 0 Å². The van der Waals surface area contributed by atoms with E-state index in [0.717, 1.165) is 25.6 Å². The number of guanidine groups is 1. The summed E-state index contributed by atoms with van der Waals surface area (Å²) in [6.45, 7) is 9.30. The molecule has 0 radical (unpaired) electrons. The SMILES string of the molecule is CCOC(=O)N1CCN(C(=NC)NCC(C)COCc2ccccc2)CC1. The summed E-state index contributed by atoms with van der Waals surface area (Å²) in [5.41, 5.74) is 1.19. The van der Waals surface area contributed by atoms with Crippen molar-refractivity contribution in [2.24, 2.45) is 10.9 Å². The van der Waals surface area contributed by atoms with Crippen LogP contribution in [0.1, 0.15) is 19.4 Å². The molecule has 7 nitrogen and oxygen atoms in total. The first-order valence-corrected chi connectivity index (χ1v) is 9.63. The Morgan fingerprint density at radius 3 is 2.48 bits per heavy atom. The number of hydrogen-bond donors (Lipinski definition) is 1. The number of rotatable bonds is 7. The third kappa shape index (κ3) is 7.09. The van der Waals surface area contributed by atoms with Crippen LogP contribution in [0.5, 0.6) is 0 Å². The number of benzene rings is 1. The molecule has 1 amide bonds. The summed E-state index contributed by atoms with van der Waals surface area (Å²) >= 11 is 0. The van der Waals surface area contributed by atoms with Gasteiger partial charge in [0.2, 0.25) is 0 Å². The van der Waals surface area contributed by atoms with Crippen molar-refractivity contribution in [2.45, 2.75) is 20.5 Å². The first-order chi connectivity index (χ1) is 13.1. The monoisotopic (exact) mass is 376 g/mol. The highest BCUT2D eigenvalue weighted by Gasteiger charge is 2.23. The number of amides is 1. The van der Waals surface area contributed by atoms with Gasteiger partial charge in [-0.25, -0.2) is 4.79 Å². The number of nitrogens with one attached hydrogen (secondary N) is 1. The fraction of sp³-hybridized carbons (Fsp3) is 0.600. The van der Waals surface area contributed by atoms with E-state index >= 15 is 0 Å². The van der Waals surface area contributed by atoms with E-state index in [-0.39, 0.29) is 6.09 Å². The van der Waals surface area contributed by atoms with Gasteiger partial charge in [-0.1, -0.05) is 37.3 Å². The van der Waals surface area contributed by atoms with E-state index < -0.39 is 0 Å². The quantitative estimate of drug-likeness (QED) is 0.584. The second-order valence-corrected chi connectivity index (χ2v) is 6.71. The van der Waals surface area contributed by atoms with E-state index in [4.69, 9.17) is 9.47 Å². The van der Waals surface area contributed by atoms with E-state index in [1.54, 1.807) is 11.9 Å². The Balaban J connectivity index is 1.67. The van der Waals surface area contributed by atoms with Crippen molar-refractivity contribution >= 4 is 12.1 Å². The largest absolute Gasteiger partial charge is 0.450 e. The zero-order chi connectivity index (χ0) is 19.5. The fourth-order valence-electron chi connectivity index (χ4n) is 2.92. The van der Waals surface area contributed by atoms with Crippen LogP contribution in [-0.4, -0.2) is 74.8 Å². The summed E-state index contributed by atoms with van der Waals surface area (Å²) in [5, 5.41) is 3.42. The second kappa shape index (κ2) is 11.4. The van der Waals surface area contributed by atoms with Crippen molar-refractivity contribution in [1.82, 2.24) is 15.1 Å². The molecule has 2 rings (SSSR count). The van der Waals surface area contributed by atoms with Crippen LogP contribution in [0.15, 0.2) is 35.3 Å². The van der Waals surface area contributed by atoms with Gasteiger partial charge in [-0.3, -0.25) is 4.99 Å². The van der Waals surface area contributed by atoms with Crippen LogP contribution in [0.3, 0.4) is 0 Å². The summed E-state index contributed by atoms with van der Waals surface area (Å²) < 4.78 is 10.9. The number of nitrogens with zero attached hydrogens (tertiary/aromatic N) is 3. The molecule has 27 heavy (non-hydrogen) atoms. The molecule has 1 unspecified atom stereocenters. The van der Waals surface area contributed by atoms with E-state index in [2.05, 4.69) is 34.3 Å². The van der Waals surface area contributed by atoms with Crippen LogP contribution in [0.4, 0.5) is 4.79 Å². The highest BCUT2D eigenvalue weighted by Crippen LogP contribution is 2.06. The topological polar surface area (TPSA) is 66.4 Å². The van der Waals surface area contributed by atoms with E-state index in [1.807, 2.05) is 25.1 Å². The van der Waals surface area contributed by atoms with E-state index in [9.17, 15) is 4.79 Å². The molecule has 0 saturated carbocycles. The fourth-order valence-corrected chi connectivity index (χ4v) is 2.92. The molecule has 150 valence electrons. The van der Waals surface area contributed by atoms with Crippen LogP contribution in [-0.2, 0) is 16.1 Å². The number of ether oxygens (including phenoxy) is 2. The Bertz CT molecular complexity index is 586. The van der Waals surface area contributed by atoms with Gasteiger partial charge in [0.15, 0.2) is 5.96 Å². The normalized spacial score (nSPS) is 16.2. The standard InChI is InChI=1S/C20H32N4O3/c1-4-27-20(25)24-12-10-23(11-13-24)19(21-3)22-14-17(2)15-26-16-18-8-6-5-7-9-18/h5-9,17H,4,10-16H2,1-3H3,(H,21,22). The number of carbonyl (C=O) groups is 1. The Morgan fingerprint density at radius 1 is 1.19 bits per heavy atom. The molecule has 1 atom stereocenters. The van der Waals surface area contributed by atoms with Gasteiger partial charge >= 0.3 is 6.09 Å². The van der Waals surface area contributed by atoms with Gasteiger partial charge in [-0.05, 0) is 18.4 Å². The maximum Gasteiger partial charge on any atom is 0.409 e. The molecule has 1 aromatic carbocycles. The molecule has 1 saturated heterocycles. The van der Waals surface area contributed by atoms with Crippen molar-refractivity contribution in [2.75, 3.05) is 53.0 Å². The first kappa shape index (κ1) is 21.0. The predicted molar refractivity (Wildman–Crippen MR) is 107 cm³/mol. The maximum atomic E-state index is 11.8. The molecular weight excluding hydrogens is 344 g/mol. The molecule has 1 fully saturated rings. The van der Waals surface area contributed by atoms with E-state index in [0.29, 0.717) is 38.8 Å². The summed E-state index contributed by atoms with van der Waals surface area (Å²) in [4.78, 5) is 20.1. The average molecular weight is 377 g/mol. The van der Waals surface area contributed by atoms with Gasteiger partial charge in [-0.2, -0.15) is 0 Å². The number of hydrogen-bond acceptors (Lipinski definition) is 4. The average Bonchev–Trinajstić information content (AvgIpc) is 2.70. The van der Waals surface area contributed by atoms with Gasteiger partial charge in [-0.15, -0.1) is 0 Å². The summed E-state index contributed by atoms with van der Waals surface area (Å²) in [7, 11) is 1.79. The van der Waals surface area contributed by atoms with Crippen molar-refractivity contribution < 1.29 is 14.3 Å². The van der Waals surface area contributed by atoms with Crippen molar-refractivity contribution in [1.29, 1.82) is 0 Å². The lowest BCUT2D eigenvalue weighted by Crippen LogP contribution is -2.54. The van der Waals surface area contributed by atoms with Crippen LogP contribution < -0.4 is 5.32 Å². The molecule has 0 aromatic heterocycles. The van der Waals surface area contributed by atoms with Gasteiger partial charge in [0.05, 0.1) is 19.8 Å². The van der Waals surface area contributed by atoms with Gasteiger partial charge < -0.3 is 24.6 Å². The number of piperazine rings is 1. The lowest BCUT2D eigenvalue weighted by atomic mass is 10.2. The summed E-state index contributed by atoms with van der Waals surface area (Å²) in [5.74, 6) is 1.24. The van der Waals surface area contributed by atoms with Gasteiger partial charge in [0.25, 0.3) is 0 Å². The highest BCUT2D eigenvalue weighted by atomic mass is 16.6. The predicted octanol–water partition coefficient (Wildman–Crippen LogP) is 2.19. The Kier molecular flexibility index (Phi) is 8.91. The molecule has 0 bridgehead atoms. The Morgan fingerprint density at radius 2 is 1.85 bits per heavy atom.